The van der Waals surface area contributed by atoms with E-state index in [0.29, 0.717) is 12.3 Å². The summed E-state index contributed by atoms with van der Waals surface area (Å²) in [7, 11) is 1.63. The lowest BCUT2D eigenvalue weighted by Crippen LogP contribution is -2.40. The molecule has 1 aliphatic heterocycles. The van der Waals surface area contributed by atoms with Gasteiger partial charge in [0, 0.05) is 43.0 Å². The zero-order valence-corrected chi connectivity index (χ0v) is 16.2. The third-order valence-corrected chi connectivity index (χ3v) is 5.12. The highest BCUT2D eigenvalue weighted by atomic mass is 16.5. The Morgan fingerprint density at radius 3 is 2.72 bits per heavy atom. The lowest BCUT2D eigenvalue weighted by atomic mass is 9.96. The molecule has 0 spiro atoms. The van der Waals surface area contributed by atoms with Crippen molar-refractivity contribution in [2.24, 2.45) is 5.92 Å². The van der Waals surface area contributed by atoms with Gasteiger partial charge in [-0.2, -0.15) is 0 Å². The number of ether oxygens (including phenoxy) is 1. The molecule has 0 bridgehead atoms. The van der Waals surface area contributed by atoms with Crippen molar-refractivity contribution in [3.05, 3.63) is 54.7 Å². The molecule has 0 aliphatic carbocycles. The summed E-state index contributed by atoms with van der Waals surface area (Å²) in [5.41, 5.74) is 1.66. The molecule has 4 rings (SSSR count). The molecule has 8 nitrogen and oxygen atoms in total. The quantitative estimate of drug-likeness (QED) is 0.688. The fraction of sp³-hybridized carbons (Fsp3) is 0.333. The van der Waals surface area contributed by atoms with Crippen molar-refractivity contribution in [1.82, 2.24) is 20.4 Å². The first-order chi connectivity index (χ1) is 14.2. The summed E-state index contributed by atoms with van der Waals surface area (Å²) in [6.07, 6.45) is 6.68. The Morgan fingerprint density at radius 2 is 2.03 bits per heavy atom. The SMILES string of the molecule is COc1ccc(-c2cc(CNC(=O)C3CCN(c4cnccn4)CC3)on2)cc1. The van der Waals surface area contributed by atoms with E-state index in [-0.39, 0.29) is 11.8 Å². The summed E-state index contributed by atoms with van der Waals surface area (Å²) in [4.78, 5) is 23.1. The molecule has 1 N–H and O–H groups in total. The monoisotopic (exact) mass is 393 g/mol. The number of methoxy groups -OCH3 is 1. The normalized spacial score (nSPS) is 14.6. The molecule has 3 aromatic rings. The highest BCUT2D eigenvalue weighted by molar-refractivity contribution is 5.79. The van der Waals surface area contributed by atoms with E-state index in [4.69, 9.17) is 9.26 Å². The van der Waals surface area contributed by atoms with Crippen LogP contribution in [0.5, 0.6) is 5.75 Å². The molecule has 1 aromatic carbocycles. The van der Waals surface area contributed by atoms with Gasteiger partial charge in [-0.15, -0.1) is 0 Å². The van der Waals surface area contributed by atoms with E-state index < -0.39 is 0 Å². The number of hydrogen-bond donors (Lipinski definition) is 1. The summed E-state index contributed by atoms with van der Waals surface area (Å²) in [6.45, 7) is 1.91. The first kappa shape index (κ1) is 18.9. The molecule has 0 unspecified atom stereocenters. The van der Waals surface area contributed by atoms with Crippen LogP contribution in [0.3, 0.4) is 0 Å². The van der Waals surface area contributed by atoms with Gasteiger partial charge in [0.2, 0.25) is 5.91 Å². The summed E-state index contributed by atoms with van der Waals surface area (Å²) in [5, 5.41) is 7.06. The molecule has 8 heteroatoms. The highest BCUT2D eigenvalue weighted by Crippen LogP contribution is 2.23. The Hall–Kier alpha value is -3.42. The predicted octanol–water partition coefficient (Wildman–Crippen LogP) is 2.67. The van der Waals surface area contributed by atoms with E-state index in [1.54, 1.807) is 25.7 Å². The number of carbonyl (C=O) groups is 1. The molecule has 1 fully saturated rings. The Labute approximate surface area is 168 Å². The number of nitrogens with zero attached hydrogens (tertiary/aromatic N) is 4. The molecule has 0 radical (unpaired) electrons. The molecule has 29 heavy (non-hydrogen) atoms. The molecule has 2 aromatic heterocycles. The molecular formula is C21H23N5O3. The number of rotatable bonds is 6. The molecule has 0 saturated carbocycles. The molecule has 0 atom stereocenters. The summed E-state index contributed by atoms with van der Waals surface area (Å²) >= 11 is 0. The number of anilines is 1. The maximum atomic E-state index is 12.5. The number of amides is 1. The van der Waals surface area contributed by atoms with E-state index in [0.717, 1.165) is 48.8 Å². The van der Waals surface area contributed by atoms with Crippen LogP contribution in [0.4, 0.5) is 5.82 Å². The van der Waals surface area contributed by atoms with Crippen molar-refractivity contribution in [3.63, 3.8) is 0 Å². The van der Waals surface area contributed by atoms with Gasteiger partial charge >= 0.3 is 0 Å². The lowest BCUT2D eigenvalue weighted by molar-refractivity contribution is -0.125. The Morgan fingerprint density at radius 1 is 1.24 bits per heavy atom. The minimum Gasteiger partial charge on any atom is -0.497 e. The van der Waals surface area contributed by atoms with Crippen LogP contribution in [0.25, 0.3) is 11.3 Å². The second kappa shape index (κ2) is 8.72. The van der Waals surface area contributed by atoms with Crippen molar-refractivity contribution in [2.75, 3.05) is 25.1 Å². The first-order valence-electron chi connectivity index (χ1n) is 9.61. The number of nitrogens with one attached hydrogen (secondary N) is 1. The molecular weight excluding hydrogens is 370 g/mol. The minimum absolute atomic E-state index is 0.00750. The molecule has 1 saturated heterocycles. The van der Waals surface area contributed by atoms with E-state index in [9.17, 15) is 4.79 Å². The molecule has 1 amide bonds. The van der Waals surface area contributed by atoms with E-state index in [2.05, 4.69) is 25.3 Å². The van der Waals surface area contributed by atoms with E-state index in [1.165, 1.54) is 0 Å². The summed E-state index contributed by atoms with van der Waals surface area (Å²) < 4.78 is 10.5. The lowest BCUT2D eigenvalue weighted by Gasteiger charge is -2.31. The number of benzene rings is 1. The fourth-order valence-corrected chi connectivity index (χ4v) is 3.44. The van der Waals surface area contributed by atoms with Gasteiger partial charge in [-0.3, -0.25) is 9.78 Å². The zero-order valence-electron chi connectivity index (χ0n) is 16.2. The van der Waals surface area contributed by atoms with Gasteiger partial charge in [-0.1, -0.05) is 5.16 Å². The number of aromatic nitrogens is 3. The largest absolute Gasteiger partial charge is 0.497 e. The maximum absolute atomic E-state index is 12.5. The van der Waals surface area contributed by atoms with Crippen molar-refractivity contribution in [1.29, 1.82) is 0 Å². The van der Waals surface area contributed by atoms with Crippen molar-refractivity contribution in [2.45, 2.75) is 19.4 Å². The van der Waals surface area contributed by atoms with Gasteiger partial charge in [0.1, 0.15) is 17.3 Å². The van der Waals surface area contributed by atoms with Gasteiger partial charge < -0.3 is 19.5 Å². The average molecular weight is 393 g/mol. The number of piperidine rings is 1. The minimum atomic E-state index is -0.00750. The Bertz CT molecular complexity index is 934. The second-order valence-corrected chi connectivity index (χ2v) is 6.95. The summed E-state index contributed by atoms with van der Waals surface area (Å²) in [5.74, 6) is 2.31. The second-order valence-electron chi connectivity index (χ2n) is 6.95. The van der Waals surface area contributed by atoms with E-state index in [1.807, 2.05) is 30.3 Å². The van der Waals surface area contributed by atoms with E-state index >= 15 is 0 Å². The number of hydrogen-bond acceptors (Lipinski definition) is 7. The van der Waals surface area contributed by atoms with Crippen LogP contribution in [-0.2, 0) is 11.3 Å². The van der Waals surface area contributed by atoms with Crippen molar-refractivity contribution >= 4 is 11.7 Å². The Kier molecular flexibility index (Phi) is 5.69. The molecule has 3 heterocycles. The zero-order chi connectivity index (χ0) is 20.1. The Balaban J connectivity index is 1.27. The van der Waals surface area contributed by atoms with Gasteiger partial charge in [0.15, 0.2) is 5.76 Å². The van der Waals surface area contributed by atoms with Gasteiger partial charge in [-0.25, -0.2) is 4.98 Å². The topological polar surface area (TPSA) is 93.4 Å². The number of carbonyl (C=O) groups excluding carboxylic acids is 1. The van der Waals surface area contributed by atoms with Crippen molar-refractivity contribution < 1.29 is 14.1 Å². The van der Waals surface area contributed by atoms with Gasteiger partial charge in [0.25, 0.3) is 0 Å². The standard InChI is InChI=1S/C21H23N5O3/c1-28-17-4-2-15(3-5-17)19-12-18(29-25-19)13-24-21(27)16-6-10-26(11-7-16)20-14-22-8-9-23-20/h2-5,8-9,12,14,16H,6-7,10-11,13H2,1H3,(H,24,27). The van der Waals surface area contributed by atoms with Crippen LogP contribution < -0.4 is 15.0 Å². The van der Waals surface area contributed by atoms with Crippen LogP contribution in [0.1, 0.15) is 18.6 Å². The predicted molar refractivity (Wildman–Crippen MR) is 107 cm³/mol. The van der Waals surface area contributed by atoms with Crippen LogP contribution in [0.15, 0.2) is 53.4 Å². The third-order valence-electron chi connectivity index (χ3n) is 5.12. The van der Waals surface area contributed by atoms with Crippen LogP contribution >= 0.6 is 0 Å². The molecule has 1 aliphatic rings. The van der Waals surface area contributed by atoms with Crippen LogP contribution in [0.2, 0.25) is 0 Å². The fourth-order valence-electron chi connectivity index (χ4n) is 3.44. The van der Waals surface area contributed by atoms with Gasteiger partial charge in [0.05, 0.1) is 19.9 Å². The molecule has 150 valence electrons. The maximum Gasteiger partial charge on any atom is 0.223 e. The van der Waals surface area contributed by atoms with Gasteiger partial charge in [-0.05, 0) is 37.1 Å². The smallest absolute Gasteiger partial charge is 0.223 e. The van der Waals surface area contributed by atoms with Crippen LogP contribution in [0, 0.1) is 5.92 Å². The summed E-state index contributed by atoms with van der Waals surface area (Å²) in [6, 6.07) is 9.43. The van der Waals surface area contributed by atoms with Crippen molar-refractivity contribution in [3.8, 4) is 17.0 Å². The first-order valence-corrected chi connectivity index (χ1v) is 9.61. The third kappa shape index (κ3) is 4.53. The average Bonchev–Trinajstić information content (AvgIpc) is 3.27. The highest BCUT2D eigenvalue weighted by Gasteiger charge is 2.25. The van der Waals surface area contributed by atoms with Crippen LogP contribution in [-0.4, -0.2) is 41.2 Å².